The summed E-state index contributed by atoms with van der Waals surface area (Å²) in [5.41, 5.74) is 5.15. The molecule has 24 heavy (non-hydrogen) atoms. The highest BCUT2D eigenvalue weighted by atomic mass is 32.1. The van der Waals surface area contributed by atoms with Crippen molar-refractivity contribution in [3.8, 4) is 0 Å². The lowest BCUT2D eigenvalue weighted by Crippen LogP contribution is -2.48. The predicted molar refractivity (Wildman–Crippen MR) is 101 cm³/mol. The Labute approximate surface area is 148 Å². The van der Waals surface area contributed by atoms with Crippen LogP contribution in [0.3, 0.4) is 0 Å². The van der Waals surface area contributed by atoms with Crippen LogP contribution in [0.2, 0.25) is 0 Å². The number of benzene rings is 1. The third-order valence-electron chi connectivity index (χ3n) is 4.38. The van der Waals surface area contributed by atoms with Crippen LogP contribution in [-0.2, 0) is 11.3 Å². The van der Waals surface area contributed by atoms with Gasteiger partial charge in [-0.3, -0.25) is 4.99 Å². The molecule has 0 spiro atoms. The number of aliphatic imine (C=N–C) groups is 1. The summed E-state index contributed by atoms with van der Waals surface area (Å²) in [5.74, 6) is 0.944. The summed E-state index contributed by atoms with van der Waals surface area (Å²) in [6.07, 6.45) is 0.0963. The van der Waals surface area contributed by atoms with E-state index in [9.17, 15) is 0 Å². The van der Waals surface area contributed by atoms with Gasteiger partial charge in [0.25, 0.3) is 0 Å². The lowest BCUT2D eigenvalue weighted by atomic mass is 10.00. The first-order valence-electron chi connectivity index (χ1n) is 8.33. The van der Waals surface area contributed by atoms with E-state index in [2.05, 4.69) is 64.1 Å². The first-order valence-corrected chi connectivity index (χ1v) is 9.27. The fourth-order valence-corrected chi connectivity index (χ4v) is 3.79. The molecule has 0 bridgehead atoms. The summed E-state index contributed by atoms with van der Waals surface area (Å²) < 4.78 is 6.04. The maximum Gasteiger partial charge on any atom is 0.194 e. The Morgan fingerprint density at radius 2 is 2.25 bits per heavy atom. The summed E-state index contributed by atoms with van der Waals surface area (Å²) >= 11 is 1.72. The SMILES string of the molecule is CN=C(NCc1ccsc1)N1CCOC(c2ccc(C)cc2C)C1. The second-order valence-corrected chi connectivity index (χ2v) is 6.98. The van der Waals surface area contributed by atoms with Gasteiger partial charge in [-0.15, -0.1) is 0 Å². The van der Waals surface area contributed by atoms with Crippen LogP contribution in [0.25, 0.3) is 0 Å². The molecule has 1 aliphatic heterocycles. The van der Waals surface area contributed by atoms with E-state index in [0.29, 0.717) is 0 Å². The van der Waals surface area contributed by atoms with Crippen molar-refractivity contribution in [2.24, 2.45) is 4.99 Å². The predicted octanol–water partition coefficient (Wildman–Crippen LogP) is 3.51. The van der Waals surface area contributed by atoms with Crippen molar-refractivity contribution >= 4 is 17.3 Å². The Morgan fingerprint density at radius 1 is 1.38 bits per heavy atom. The molecule has 0 radical (unpaired) electrons. The topological polar surface area (TPSA) is 36.9 Å². The highest BCUT2D eigenvalue weighted by Gasteiger charge is 2.25. The minimum absolute atomic E-state index is 0.0963. The number of morpholine rings is 1. The van der Waals surface area contributed by atoms with Crippen LogP contribution in [0.1, 0.15) is 28.4 Å². The third kappa shape index (κ3) is 3.97. The van der Waals surface area contributed by atoms with Gasteiger partial charge >= 0.3 is 0 Å². The fourth-order valence-electron chi connectivity index (χ4n) is 3.12. The van der Waals surface area contributed by atoms with Gasteiger partial charge in [0.15, 0.2) is 5.96 Å². The van der Waals surface area contributed by atoms with Gasteiger partial charge in [-0.1, -0.05) is 23.8 Å². The molecule has 1 N–H and O–H groups in total. The van der Waals surface area contributed by atoms with E-state index in [0.717, 1.165) is 32.2 Å². The van der Waals surface area contributed by atoms with Crippen LogP contribution in [0.4, 0.5) is 0 Å². The molecule has 1 aromatic carbocycles. The lowest BCUT2D eigenvalue weighted by Gasteiger charge is -2.35. The van der Waals surface area contributed by atoms with Crippen molar-refractivity contribution < 1.29 is 4.74 Å². The Morgan fingerprint density at radius 3 is 2.96 bits per heavy atom. The molecule has 2 aromatic rings. The van der Waals surface area contributed by atoms with Crippen LogP contribution < -0.4 is 5.32 Å². The molecular formula is C19H25N3OS. The quantitative estimate of drug-likeness (QED) is 0.684. The summed E-state index contributed by atoms with van der Waals surface area (Å²) in [6.45, 7) is 7.51. The summed E-state index contributed by atoms with van der Waals surface area (Å²) in [6, 6.07) is 8.72. The van der Waals surface area contributed by atoms with E-state index in [1.807, 2.05) is 7.05 Å². The van der Waals surface area contributed by atoms with E-state index >= 15 is 0 Å². The van der Waals surface area contributed by atoms with E-state index in [4.69, 9.17) is 4.74 Å². The maximum atomic E-state index is 6.04. The number of guanidine groups is 1. The van der Waals surface area contributed by atoms with Gasteiger partial charge in [0.1, 0.15) is 6.10 Å². The fraction of sp³-hybridized carbons (Fsp3) is 0.421. The van der Waals surface area contributed by atoms with Crippen molar-refractivity contribution in [1.29, 1.82) is 0 Å². The highest BCUT2D eigenvalue weighted by molar-refractivity contribution is 7.07. The molecule has 2 heterocycles. The number of rotatable bonds is 3. The van der Waals surface area contributed by atoms with E-state index in [1.165, 1.54) is 22.3 Å². The minimum Gasteiger partial charge on any atom is -0.370 e. The van der Waals surface area contributed by atoms with Crippen molar-refractivity contribution in [2.75, 3.05) is 26.7 Å². The number of hydrogen-bond donors (Lipinski definition) is 1. The molecule has 0 saturated carbocycles. The smallest absolute Gasteiger partial charge is 0.194 e. The normalized spacial score (nSPS) is 18.7. The van der Waals surface area contributed by atoms with Gasteiger partial charge in [-0.25, -0.2) is 0 Å². The standard InChI is InChI=1S/C19H25N3OS/c1-14-4-5-17(15(2)10-14)18-12-22(7-8-23-18)19(20-3)21-11-16-6-9-24-13-16/h4-6,9-10,13,18H,7-8,11-12H2,1-3H3,(H,20,21). The van der Waals surface area contributed by atoms with Crippen molar-refractivity contribution in [2.45, 2.75) is 26.5 Å². The Bertz CT molecular complexity index is 697. The number of thiophene rings is 1. The Hall–Kier alpha value is -1.85. The Kier molecular flexibility index (Phi) is 5.53. The average Bonchev–Trinajstić information content (AvgIpc) is 3.09. The molecule has 1 aromatic heterocycles. The number of nitrogens with one attached hydrogen (secondary N) is 1. The summed E-state index contributed by atoms with van der Waals surface area (Å²) in [4.78, 5) is 6.75. The van der Waals surface area contributed by atoms with Crippen molar-refractivity contribution in [3.05, 3.63) is 57.3 Å². The molecule has 3 rings (SSSR count). The molecule has 4 nitrogen and oxygen atoms in total. The van der Waals surface area contributed by atoms with Crippen molar-refractivity contribution in [1.82, 2.24) is 10.2 Å². The van der Waals surface area contributed by atoms with Crippen LogP contribution in [-0.4, -0.2) is 37.6 Å². The maximum absolute atomic E-state index is 6.04. The number of hydrogen-bond acceptors (Lipinski definition) is 3. The van der Waals surface area contributed by atoms with Gasteiger partial charge in [0.05, 0.1) is 13.2 Å². The second-order valence-electron chi connectivity index (χ2n) is 6.20. The van der Waals surface area contributed by atoms with E-state index in [-0.39, 0.29) is 6.10 Å². The molecule has 0 aliphatic carbocycles. The van der Waals surface area contributed by atoms with Gasteiger partial charge in [-0.05, 0) is 47.4 Å². The van der Waals surface area contributed by atoms with E-state index < -0.39 is 0 Å². The molecule has 0 amide bonds. The summed E-state index contributed by atoms with van der Waals surface area (Å²) in [5, 5.41) is 7.73. The molecule has 1 atom stereocenters. The molecule has 1 unspecified atom stereocenters. The monoisotopic (exact) mass is 343 g/mol. The average molecular weight is 343 g/mol. The highest BCUT2D eigenvalue weighted by Crippen LogP contribution is 2.26. The van der Waals surface area contributed by atoms with E-state index in [1.54, 1.807) is 11.3 Å². The van der Waals surface area contributed by atoms with Crippen LogP contribution in [0.15, 0.2) is 40.0 Å². The zero-order valence-electron chi connectivity index (χ0n) is 14.6. The lowest BCUT2D eigenvalue weighted by molar-refractivity contribution is -0.00834. The number of ether oxygens (including phenoxy) is 1. The molecule has 5 heteroatoms. The molecular weight excluding hydrogens is 318 g/mol. The minimum atomic E-state index is 0.0963. The molecule has 1 fully saturated rings. The molecule has 1 saturated heterocycles. The first-order chi connectivity index (χ1) is 11.7. The van der Waals surface area contributed by atoms with Crippen LogP contribution in [0.5, 0.6) is 0 Å². The number of aryl methyl sites for hydroxylation is 2. The summed E-state index contributed by atoms with van der Waals surface area (Å²) in [7, 11) is 1.84. The Balaban J connectivity index is 1.67. The first kappa shape index (κ1) is 17.0. The van der Waals surface area contributed by atoms with Crippen molar-refractivity contribution in [3.63, 3.8) is 0 Å². The molecule has 128 valence electrons. The zero-order chi connectivity index (χ0) is 16.9. The van der Waals surface area contributed by atoms with Crippen LogP contribution in [0, 0.1) is 13.8 Å². The molecule has 1 aliphatic rings. The second kappa shape index (κ2) is 7.81. The van der Waals surface area contributed by atoms with Gasteiger partial charge in [-0.2, -0.15) is 11.3 Å². The van der Waals surface area contributed by atoms with Crippen LogP contribution >= 0.6 is 11.3 Å². The van der Waals surface area contributed by atoms with Gasteiger partial charge < -0.3 is 15.0 Å². The third-order valence-corrected chi connectivity index (χ3v) is 5.11. The zero-order valence-corrected chi connectivity index (χ0v) is 15.4. The largest absolute Gasteiger partial charge is 0.370 e. The number of nitrogens with zero attached hydrogens (tertiary/aromatic N) is 2. The van der Waals surface area contributed by atoms with Gasteiger partial charge in [0, 0.05) is 20.1 Å². The van der Waals surface area contributed by atoms with Gasteiger partial charge in [0.2, 0.25) is 0 Å².